The predicted octanol–water partition coefficient (Wildman–Crippen LogP) is 2.67. The standard InChI is InChI=1S/C21H24FN3O3/c1-27-19-6-7-20-15(13-19)12-17(14-28-20)23-21(26)25-10-8-24(9-11-25)18-4-2-16(22)3-5-18/h2-7,13,17H,8-12,14H2,1H3,(H,23,26)/t17-/m1/s1. The van der Waals surface area contributed by atoms with Gasteiger partial charge in [0.1, 0.15) is 23.9 Å². The first-order valence-electron chi connectivity index (χ1n) is 9.48. The number of anilines is 1. The molecule has 6 nitrogen and oxygen atoms in total. The molecule has 0 aromatic heterocycles. The summed E-state index contributed by atoms with van der Waals surface area (Å²) in [5, 5.41) is 3.08. The predicted molar refractivity (Wildman–Crippen MR) is 105 cm³/mol. The molecule has 0 radical (unpaired) electrons. The van der Waals surface area contributed by atoms with Crippen LogP contribution in [0.2, 0.25) is 0 Å². The molecule has 1 saturated heterocycles. The number of benzene rings is 2. The Morgan fingerprint density at radius 2 is 1.89 bits per heavy atom. The lowest BCUT2D eigenvalue weighted by molar-refractivity contribution is 0.178. The molecule has 2 aromatic carbocycles. The minimum absolute atomic E-state index is 0.0674. The van der Waals surface area contributed by atoms with Gasteiger partial charge in [0.15, 0.2) is 0 Å². The summed E-state index contributed by atoms with van der Waals surface area (Å²) in [6.07, 6.45) is 0.716. The van der Waals surface area contributed by atoms with Crippen LogP contribution in [0.1, 0.15) is 5.56 Å². The minimum Gasteiger partial charge on any atom is -0.497 e. The summed E-state index contributed by atoms with van der Waals surface area (Å²) >= 11 is 0. The number of urea groups is 1. The zero-order chi connectivity index (χ0) is 19.5. The third-order valence-electron chi connectivity index (χ3n) is 5.26. The lowest BCUT2D eigenvalue weighted by Gasteiger charge is -2.37. The Balaban J connectivity index is 1.30. The fraction of sp³-hybridized carbons (Fsp3) is 0.381. The largest absolute Gasteiger partial charge is 0.497 e. The van der Waals surface area contributed by atoms with E-state index in [1.54, 1.807) is 19.2 Å². The van der Waals surface area contributed by atoms with Crippen LogP contribution >= 0.6 is 0 Å². The van der Waals surface area contributed by atoms with E-state index in [0.29, 0.717) is 26.1 Å². The molecular formula is C21H24FN3O3. The smallest absolute Gasteiger partial charge is 0.317 e. The number of hydrogen-bond acceptors (Lipinski definition) is 4. The Bertz CT molecular complexity index is 835. The molecule has 2 aromatic rings. The van der Waals surface area contributed by atoms with Crippen molar-refractivity contribution in [1.29, 1.82) is 0 Å². The molecule has 2 aliphatic rings. The molecule has 0 bridgehead atoms. The summed E-state index contributed by atoms with van der Waals surface area (Å²) < 4.78 is 24.1. The first kappa shape index (κ1) is 18.4. The lowest BCUT2D eigenvalue weighted by Crippen LogP contribution is -2.55. The molecule has 1 atom stereocenters. The van der Waals surface area contributed by atoms with Gasteiger partial charge in [0, 0.05) is 31.9 Å². The van der Waals surface area contributed by atoms with E-state index in [2.05, 4.69) is 10.2 Å². The number of hydrogen-bond donors (Lipinski definition) is 1. The Kier molecular flexibility index (Phi) is 5.23. The van der Waals surface area contributed by atoms with E-state index in [1.165, 1.54) is 12.1 Å². The number of piperazine rings is 1. The monoisotopic (exact) mass is 385 g/mol. The number of nitrogens with zero attached hydrogens (tertiary/aromatic N) is 2. The van der Waals surface area contributed by atoms with Crippen LogP contribution in [-0.4, -0.2) is 56.9 Å². The summed E-state index contributed by atoms with van der Waals surface area (Å²) in [4.78, 5) is 16.6. The first-order valence-corrected chi connectivity index (χ1v) is 9.48. The zero-order valence-corrected chi connectivity index (χ0v) is 15.9. The highest BCUT2D eigenvalue weighted by Gasteiger charge is 2.26. The number of carbonyl (C=O) groups is 1. The van der Waals surface area contributed by atoms with Crippen molar-refractivity contribution in [3.63, 3.8) is 0 Å². The molecule has 4 rings (SSSR count). The van der Waals surface area contributed by atoms with Gasteiger partial charge in [-0.15, -0.1) is 0 Å². The number of amides is 2. The quantitative estimate of drug-likeness (QED) is 0.883. The normalized spacial score (nSPS) is 18.9. The average molecular weight is 385 g/mol. The second kappa shape index (κ2) is 7.96. The second-order valence-corrected chi connectivity index (χ2v) is 7.09. The van der Waals surface area contributed by atoms with E-state index < -0.39 is 0 Å². The van der Waals surface area contributed by atoms with E-state index in [1.807, 2.05) is 23.1 Å². The lowest BCUT2D eigenvalue weighted by atomic mass is 10.0. The van der Waals surface area contributed by atoms with Crippen molar-refractivity contribution in [2.75, 3.05) is 44.8 Å². The van der Waals surface area contributed by atoms with Gasteiger partial charge in [-0.25, -0.2) is 9.18 Å². The van der Waals surface area contributed by atoms with Gasteiger partial charge in [0.25, 0.3) is 0 Å². The second-order valence-electron chi connectivity index (χ2n) is 7.09. The maximum Gasteiger partial charge on any atom is 0.317 e. The number of ether oxygens (including phenoxy) is 2. The van der Waals surface area contributed by atoms with Gasteiger partial charge < -0.3 is 24.6 Å². The molecule has 2 amide bonds. The number of halogens is 1. The van der Waals surface area contributed by atoms with Crippen LogP contribution in [0.15, 0.2) is 42.5 Å². The molecule has 28 heavy (non-hydrogen) atoms. The highest BCUT2D eigenvalue weighted by atomic mass is 19.1. The molecule has 7 heteroatoms. The zero-order valence-electron chi connectivity index (χ0n) is 15.9. The van der Waals surface area contributed by atoms with Crippen LogP contribution in [0, 0.1) is 5.82 Å². The van der Waals surface area contributed by atoms with Crippen LogP contribution in [0.3, 0.4) is 0 Å². The molecule has 2 heterocycles. The van der Waals surface area contributed by atoms with Gasteiger partial charge in [-0.05, 0) is 54.4 Å². The number of nitrogens with one attached hydrogen (secondary N) is 1. The number of methoxy groups -OCH3 is 1. The molecular weight excluding hydrogens is 361 g/mol. The van der Waals surface area contributed by atoms with Crippen LogP contribution in [0.5, 0.6) is 11.5 Å². The first-order chi connectivity index (χ1) is 13.6. The fourth-order valence-electron chi connectivity index (χ4n) is 3.68. The van der Waals surface area contributed by atoms with E-state index in [4.69, 9.17) is 9.47 Å². The molecule has 148 valence electrons. The maximum atomic E-state index is 13.1. The van der Waals surface area contributed by atoms with Crippen LogP contribution < -0.4 is 19.7 Å². The molecule has 0 unspecified atom stereocenters. The highest BCUT2D eigenvalue weighted by Crippen LogP contribution is 2.28. The van der Waals surface area contributed by atoms with Gasteiger partial charge >= 0.3 is 6.03 Å². The SMILES string of the molecule is COc1ccc2c(c1)C[C@@H](NC(=O)N1CCN(c3ccc(F)cc3)CC1)CO2. The molecule has 0 aliphatic carbocycles. The Morgan fingerprint density at radius 3 is 2.61 bits per heavy atom. The van der Waals surface area contributed by atoms with Crippen molar-refractivity contribution >= 4 is 11.7 Å². The van der Waals surface area contributed by atoms with Gasteiger partial charge in [0.05, 0.1) is 13.2 Å². The van der Waals surface area contributed by atoms with Crippen molar-refractivity contribution in [3.05, 3.63) is 53.8 Å². The summed E-state index contributed by atoms with van der Waals surface area (Å²) in [6, 6.07) is 12.1. The van der Waals surface area contributed by atoms with Gasteiger partial charge in [-0.1, -0.05) is 0 Å². The van der Waals surface area contributed by atoms with Gasteiger partial charge in [-0.2, -0.15) is 0 Å². The van der Waals surface area contributed by atoms with E-state index >= 15 is 0 Å². The minimum atomic E-state index is -0.240. The van der Waals surface area contributed by atoms with Crippen LogP contribution in [0.25, 0.3) is 0 Å². The molecule has 0 spiro atoms. The van der Waals surface area contributed by atoms with Gasteiger partial charge in [-0.3, -0.25) is 0 Å². The van der Waals surface area contributed by atoms with Crippen LogP contribution in [0.4, 0.5) is 14.9 Å². The molecule has 1 fully saturated rings. The molecule has 1 N–H and O–H groups in total. The summed E-state index contributed by atoms with van der Waals surface area (Å²) in [7, 11) is 1.64. The van der Waals surface area contributed by atoms with Gasteiger partial charge in [0.2, 0.25) is 0 Å². The molecule has 0 saturated carbocycles. The van der Waals surface area contributed by atoms with E-state index in [0.717, 1.165) is 35.8 Å². The maximum absolute atomic E-state index is 13.1. The van der Waals surface area contributed by atoms with E-state index in [9.17, 15) is 9.18 Å². The average Bonchev–Trinajstić information content (AvgIpc) is 2.74. The third-order valence-corrected chi connectivity index (χ3v) is 5.26. The topological polar surface area (TPSA) is 54.0 Å². The van der Waals surface area contributed by atoms with Crippen LogP contribution in [-0.2, 0) is 6.42 Å². The van der Waals surface area contributed by atoms with Crippen molar-refractivity contribution in [2.24, 2.45) is 0 Å². The Hall–Kier alpha value is -2.96. The Morgan fingerprint density at radius 1 is 1.14 bits per heavy atom. The summed E-state index contributed by atoms with van der Waals surface area (Å²) in [5.74, 6) is 1.39. The highest BCUT2D eigenvalue weighted by molar-refractivity contribution is 5.75. The van der Waals surface area contributed by atoms with Crippen molar-refractivity contribution in [3.8, 4) is 11.5 Å². The van der Waals surface area contributed by atoms with E-state index in [-0.39, 0.29) is 17.9 Å². The Labute approximate surface area is 163 Å². The van der Waals surface area contributed by atoms with Crippen molar-refractivity contribution < 1.29 is 18.7 Å². The van der Waals surface area contributed by atoms with Crippen molar-refractivity contribution in [2.45, 2.75) is 12.5 Å². The van der Waals surface area contributed by atoms with Crippen molar-refractivity contribution in [1.82, 2.24) is 10.2 Å². The number of fused-ring (bicyclic) bond motifs is 1. The molecule has 2 aliphatic heterocycles. The third kappa shape index (κ3) is 3.98. The summed E-state index contributed by atoms with van der Waals surface area (Å²) in [5.41, 5.74) is 2.02. The fourth-order valence-corrected chi connectivity index (χ4v) is 3.68. The number of rotatable bonds is 3. The number of carbonyl (C=O) groups excluding carboxylic acids is 1. The summed E-state index contributed by atoms with van der Waals surface area (Å²) in [6.45, 7) is 3.16.